The van der Waals surface area contributed by atoms with E-state index in [0.29, 0.717) is 0 Å². The monoisotopic (exact) mass is 226 g/mol. The van der Waals surface area contributed by atoms with E-state index in [1.54, 1.807) is 0 Å². The van der Waals surface area contributed by atoms with Crippen LogP contribution < -0.4 is 0 Å². The molecule has 0 aliphatic carbocycles. The highest BCUT2D eigenvalue weighted by Gasteiger charge is 1.90. The Hall–Kier alpha value is -0.600. The van der Waals surface area contributed by atoms with Crippen molar-refractivity contribution in [3.63, 3.8) is 0 Å². The van der Waals surface area contributed by atoms with Crippen molar-refractivity contribution in [3.05, 3.63) is 39.9 Å². The van der Waals surface area contributed by atoms with Crippen LogP contribution in [0.15, 0.2) is 34.3 Å². The van der Waals surface area contributed by atoms with Crippen LogP contribution in [0, 0.1) is 0 Å². The lowest BCUT2D eigenvalue weighted by Crippen LogP contribution is -1.83. The predicted molar refractivity (Wildman–Crippen MR) is 54.9 cm³/mol. The molecular formula is C10H11BrO. The molecule has 0 unspecified atom stereocenters. The molecule has 0 aliphatic rings. The van der Waals surface area contributed by atoms with Crippen LogP contribution in [0.5, 0.6) is 0 Å². The van der Waals surface area contributed by atoms with Gasteiger partial charge in [0, 0.05) is 4.47 Å². The Labute approximate surface area is 80.9 Å². The number of hydrogen-bond acceptors (Lipinski definition) is 1. The van der Waals surface area contributed by atoms with Gasteiger partial charge in [-0.05, 0) is 30.2 Å². The first kappa shape index (κ1) is 9.49. The first-order valence-corrected chi connectivity index (χ1v) is 4.55. The van der Waals surface area contributed by atoms with Crippen LogP contribution in [0.3, 0.4) is 0 Å². The van der Waals surface area contributed by atoms with Gasteiger partial charge in [-0.1, -0.05) is 34.1 Å². The Morgan fingerprint density at radius 2 is 2.33 bits per heavy atom. The zero-order valence-corrected chi connectivity index (χ0v) is 8.51. The van der Waals surface area contributed by atoms with E-state index in [-0.39, 0.29) is 6.61 Å². The highest BCUT2D eigenvalue weighted by molar-refractivity contribution is 9.10. The summed E-state index contributed by atoms with van der Waals surface area (Å²) >= 11 is 3.38. The van der Waals surface area contributed by atoms with Gasteiger partial charge in [-0.25, -0.2) is 0 Å². The summed E-state index contributed by atoms with van der Waals surface area (Å²) in [6, 6.07) is 7.97. The van der Waals surface area contributed by atoms with Crippen molar-refractivity contribution in [2.24, 2.45) is 0 Å². The first-order chi connectivity index (χ1) is 5.72. The molecule has 0 heterocycles. The fourth-order valence-electron chi connectivity index (χ4n) is 0.927. The summed E-state index contributed by atoms with van der Waals surface area (Å²) in [6.07, 6.45) is 1.96. The molecule has 0 spiro atoms. The van der Waals surface area contributed by atoms with Gasteiger partial charge in [0.25, 0.3) is 0 Å². The highest BCUT2D eigenvalue weighted by atomic mass is 79.9. The van der Waals surface area contributed by atoms with E-state index in [4.69, 9.17) is 5.11 Å². The van der Waals surface area contributed by atoms with Crippen LogP contribution in [0.1, 0.15) is 12.5 Å². The lowest BCUT2D eigenvalue weighted by atomic mass is 10.1. The number of aliphatic hydroxyl groups is 1. The maximum absolute atomic E-state index is 8.79. The quantitative estimate of drug-likeness (QED) is 0.823. The van der Waals surface area contributed by atoms with Gasteiger partial charge in [-0.2, -0.15) is 0 Å². The average molecular weight is 227 g/mol. The van der Waals surface area contributed by atoms with Crippen LogP contribution in [0.2, 0.25) is 0 Å². The fraction of sp³-hybridized carbons (Fsp3) is 0.200. The van der Waals surface area contributed by atoms with Gasteiger partial charge in [-0.15, -0.1) is 0 Å². The maximum atomic E-state index is 8.79. The minimum absolute atomic E-state index is 0.118. The van der Waals surface area contributed by atoms with Gasteiger partial charge in [0.15, 0.2) is 0 Å². The number of hydrogen-bond donors (Lipinski definition) is 1. The van der Waals surface area contributed by atoms with Crippen molar-refractivity contribution < 1.29 is 5.11 Å². The van der Waals surface area contributed by atoms with Crippen molar-refractivity contribution in [1.82, 2.24) is 0 Å². The highest BCUT2D eigenvalue weighted by Crippen LogP contribution is 2.13. The van der Waals surface area contributed by atoms with Gasteiger partial charge >= 0.3 is 0 Å². The molecule has 1 rings (SSSR count). The second-order valence-electron chi connectivity index (χ2n) is 2.70. The van der Waals surface area contributed by atoms with E-state index < -0.39 is 0 Å². The summed E-state index contributed by atoms with van der Waals surface area (Å²) < 4.78 is 1.06. The molecule has 0 atom stereocenters. The lowest BCUT2D eigenvalue weighted by molar-refractivity contribution is 0.332. The zero-order valence-electron chi connectivity index (χ0n) is 6.92. The minimum atomic E-state index is 0.118. The number of halogens is 1. The molecule has 0 saturated carbocycles. The molecule has 0 bridgehead atoms. The predicted octanol–water partition coefficient (Wildman–Crippen LogP) is 2.84. The standard InChI is InChI=1S/C10H11BrO/c1-8(7-12)5-9-3-2-4-10(11)6-9/h2-6,12H,7H2,1H3/b8-5+. The van der Waals surface area contributed by atoms with Crippen molar-refractivity contribution in [2.45, 2.75) is 6.92 Å². The van der Waals surface area contributed by atoms with Crippen LogP contribution in [0.4, 0.5) is 0 Å². The number of benzene rings is 1. The van der Waals surface area contributed by atoms with Crippen LogP contribution in [-0.2, 0) is 0 Å². The molecule has 1 aromatic rings. The molecule has 64 valence electrons. The van der Waals surface area contributed by atoms with E-state index >= 15 is 0 Å². The van der Waals surface area contributed by atoms with Crippen LogP contribution in [-0.4, -0.2) is 11.7 Å². The second-order valence-corrected chi connectivity index (χ2v) is 3.62. The summed E-state index contributed by atoms with van der Waals surface area (Å²) in [5.74, 6) is 0. The summed E-state index contributed by atoms with van der Waals surface area (Å²) in [5.41, 5.74) is 2.07. The van der Waals surface area contributed by atoms with Crippen LogP contribution >= 0.6 is 15.9 Å². The summed E-state index contributed by atoms with van der Waals surface area (Å²) in [6.45, 7) is 2.02. The topological polar surface area (TPSA) is 20.2 Å². The molecule has 12 heavy (non-hydrogen) atoms. The second kappa shape index (κ2) is 4.43. The summed E-state index contributed by atoms with van der Waals surface area (Å²) in [5, 5.41) is 8.79. The third-order valence-corrected chi connectivity index (χ3v) is 2.00. The van der Waals surface area contributed by atoms with Crippen LogP contribution in [0.25, 0.3) is 6.08 Å². The zero-order chi connectivity index (χ0) is 8.97. The largest absolute Gasteiger partial charge is 0.392 e. The molecule has 0 aliphatic heterocycles. The third-order valence-electron chi connectivity index (χ3n) is 1.51. The molecular weight excluding hydrogens is 216 g/mol. The molecule has 1 N–H and O–H groups in total. The summed E-state index contributed by atoms with van der Waals surface area (Å²) in [4.78, 5) is 0. The van der Waals surface area contributed by atoms with Gasteiger partial charge in [0.2, 0.25) is 0 Å². The maximum Gasteiger partial charge on any atom is 0.0642 e. The Kier molecular flexibility index (Phi) is 3.50. The van der Waals surface area contributed by atoms with Crippen molar-refractivity contribution in [2.75, 3.05) is 6.61 Å². The fourth-order valence-corrected chi connectivity index (χ4v) is 1.34. The number of rotatable bonds is 2. The smallest absolute Gasteiger partial charge is 0.0642 e. The van der Waals surface area contributed by atoms with Gasteiger partial charge < -0.3 is 5.11 Å². The SMILES string of the molecule is C/C(=C\c1cccc(Br)c1)CO. The van der Waals surface area contributed by atoms with E-state index in [1.165, 1.54) is 0 Å². The Bertz CT molecular complexity index is 292. The van der Waals surface area contributed by atoms with E-state index in [9.17, 15) is 0 Å². The molecule has 1 aromatic carbocycles. The Morgan fingerprint density at radius 3 is 2.92 bits per heavy atom. The van der Waals surface area contributed by atoms with E-state index in [2.05, 4.69) is 15.9 Å². The Morgan fingerprint density at radius 1 is 1.58 bits per heavy atom. The van der Waals surface area contributed by atoms with Crippen molar-refractivity contribution >= 4 is 22.0 Å². The molecule has 0 radical (unpaired) electrons. The normalized spacial score (nSPS) is 11.8. The number of aliphatic hydroxyl groups excluding tert-OH is 1. The molecule has 0 aromatic heterocycles. The van der Waals surface area contributed by atoms with Gasteiger partial charge in [0.05, 0.1) is 6.61 Å². The molecule has 0 fully saturated rings. The molecule has 0 amide bonds. The first-order valence-electron chi connectivity index (χ1n) is 3.76. The van der Waals surface area contributed by atoms with E-state index in [0.717, 1.165) is 15.6 Å². The molecule has 2 heteroatoms. The molecule has 0 saturated heterocycles. The summed E-state index contributed by atoms with van der Waals surface area (Å²) in [7, 11) is 0. The minimum Gasteiger partial charge on any atom is -0.392 e. The van der Waals surface area contributed by atoms with Gasteiger partial charge in [0.1, 0.15) is 0 Å². The lowest BCUT2D eigenvalue weighted by Gasteiger charge is -1.96. The molecule has 1 nitrogen and oxygen atoms in total. The third kappa shape index (κ3) is 2.80. The Balaban J connectivity index is 2.89. The van der Waals surface area contributed by atoms with Crippen molar-refractivity contribution in [3.8, 4) is 0 Å². The van der Waals surface area contributed by atoms with Crippen molar-refractivity contribution in [1.29, 1.82) is 0 Å². The van der Waals surface area contributed by atoms with E-state index in [1.807, 2.05) is 37.3 Å². The van der Waals surface area contributed by atoms with Gasteiger partial charge in [-0.3, -0.25) is 0 Å². The average Bonchev–Trinajstić information content (AvgIpc) is 2.04.